The minimum absolute atomic E-state index is 0.0598. The molecule has 3 aromatic rings. The molecule has 0 fully saturated rings. The zero-order valence-electron chi connectivity index (χ0n) is 12.1. The summed E-state index contributed by atoms with van der Waals surface area (Å²) in [5.41, 5.74) is 3.34. The summed E-state index contributed by atoms with van der Waals surface area (Å²) in [7, 11) is 0. The summed E-state index contributed by atoms with van der Waals surface area (Å²) < 4.78 is 0. The quantitative estimate of drug-likeness (QED) is 0.643. The first kappa shape index (κ1) is 13.2. The first-order valence-corrected chi connectivity index (χ1v) is 7.50. The van der Waals surface area contributed by atoms with Crippen molar-refractivity contribution in [2.24, 2.45) is 0 Å². The first-order valence-electron chi connectivity index (χ1n) is 7.50. The Bertz CT molecular complexity index is 857. The van der Waals surface area contributed by atoms with E-state index in [-0.39, 0.29) is 17.5 Å². The van der Waals surface area contributed by atoms with Gasteiger partial charge in [-0.2, -0.15) is 0 Å². The molecule has 0 bridgehead atoms. The van der Waals surface area contributed by atoms with E-state index in [4.69, 9.17) is 0 Å². The third-order valence-electron chi connectivity index (χ3n) is 4.44. The van der Waals surface area contributed by atoms with E-state index in [0.29, 0.717) is 0 Å². The molecule has 110 valence electrons. The van der Waals surface area contributed by atoms with Crippen LogP contribution in [0.1, 0.15) is 22.7 Å². The topological polar surface area (TPSA) is 52.5 Å². The van der Waals surface area contributed by atoms with Crippen LogP contribution < -0.4 is 5.32 Å². The molecule has 1 atom stereocenters. The average Bonchev–Trinajstić information content (AvgIpc) is 2.55. The van der Waals surface area contributed by atoms with Crippen molar-refractivity contribution in [2.75, 3.05) is 6.54 Å². The van der Waals surface area contributed by atoms with Gasteiger partial charge in [-0.25, -0.2) is 0 Å². The van der Waals surface area contributed by atoms with Crippen LogP contribution >= 0.6 is 0 Å². The summed E-state index contributed by atoms with van der Waals surface area (Å²) in [6.07, 6.45) is 0.990. The van der Waals surface area contributed by atoms with E-state index in [2.05, 4.69) is 23.5 Å². The second-order valence-electron chi connectivity index (χ2n) is 5.71. The number of nitrogens with one attached hydrogen (secondary N) is 1. The van der Waals surface area contributed by atoms with E-state index in [9.17, 15) is 10.2 Å². The number of rotatable bonds is 1. The van der Waals surface area contributed by atoms with E-state index in [0.717, 1.165) is 29.3 Å². The Morgan fingerprint density at radius 2 is 1.59 bits per heavy atom. The van der Waals surface area contributed by atoms with E-state index in [1.165, 1.54) is 17.2 Å². The minimum atomic E-state index is -0.0598. The van der Waals surface area contributed by atoms with E-state index in [1.54, 1.807) is 0 Å². The maximum absolute atomic E-state index is 10.5. The van der Waals surface area contributed by atoms with E-state index in [1.807, 2.05) is 30.3 Å². The van der Waals surface area contributed by atoms with Crippen molar-refractivity contribution in [1.29, 1.82) is 0 Å². The van der Waals surface area contributed by atoms with Gasteiger partial charge in [0.05, 0.1) is 6.04 Å². The van der Waals surface area contributed by atoms with Crippen LogP contribution in [0.15, 0.2) is 54.6 Å². The second kappa shape index (κ2) is 5.04. The molecule has 3 N–H and O–H groups in total. The third kappa shape index (κ3) is 1.94. The normalized spacial score (nSPS) is 17.4. The molecule has 3 heteroatoms. The maximum atomic E-state index is 10.5. The lowest BCUT2D eigenvalue weighted by atomic mass is 9.87. The van der Waals surface area contributed by atoms with Gasteiger partial charge in [-0.3, -0.25) is 0 Å². The van der Waals surface area contributed by atoms with E-state index >= 15 is 0 Å². The Morgan fingerprint density at radius 3 is 2.45 bits per heavy atom. The summed E-state index contributed by atoms with van der Waals surface area (Å²) in [5.74, 6) is 0.242. The molecule has 0 aromatic heterocycles. The lowest BCUT2D eigenvalue weighted by Crippen LogP contribution is -2.30. The highest BCUT2D eigenvalue weighted by molar-refractivity contribution is 5.93. The Kier molecular flexibility index (Phi) is 3.01. The maximum Gasteiger partial charge on any atom is 0.127 e. The van der Waals surface area contributed by atoms with Crippen LogP contribution in [0.3, 0.4) is 0 Å². The molecule has 0 spiro atoms. The van der Waals surface area contributed by atoms with Crippen LogP contribution in [0, 0.1) is 0 Å². The van der Waals surface area contributed by atoms with Crippen molar-refractivity contribution >= 4 is 10.8 Å². The minimum Gasteiger partial charge on any atom is -0.507 e. The smallest absolute Gasteiger partial charge is 0.127 e. The molecule has 3 aromatic carbocycles. The molecular weight excluding hydrogens is 274 g/mol. The molecule has 0 saturated carbocycles. The van der Waals surface area contributed by atoms with Crippen molar-refractivity contribution in [3.63, 3.8) is 0 Å². The average molecular weight is 291 g/mol. The Labute approximate surface area is 128 Å². The Balaban J connectivity index is 2.00. The predicted molar refractivity (Wildman–Crippen MR) is 87.3 cm³/mol. The molecule has 0 saturated heterocycles. The SMILES string of the molecule is Oc1cc(O)c2ccccc2c1C1NCCc2ccccc21. The van der Waals surface area contributed by atoms with Gasteiger partial charge in [-0.1, -0.05) is 48.5 Å². The number of hydrogen-bond acceptors (Lipinski definition) is 3. The molecular formula is C19H17NO2. The number of aromatic hydroxyl groups is 2. The fraction of sp³-hybridized carbons (Fsp3) is 0.158. The first-order chi connectivity index (χ1) is 10.8. The molecule has 1 aliphatic heterocycles. The number of benzene rings is 3. The van der Waals surface area contributed by atoms with Gasteiger partial charge in [0, 0.05) is 23.6 Å². The van der Waals surface area contributed by atoms with Crippen LogP contribution in [-0.4, -0.2) is 16.8 Å². The highest BCUT2D eigenvalue weighted by Gasteiger charge is 2.25. The van der Waals surface area contributed by atoms with Gasteiger partial charge in [-0.05, 0) is 22.9 Å². The highest BCUT2D eigenvalue weighted by Crippen LogP contribution is 2.41. The van der Waals surface area contributed by atoms with E-state index < -0.39 is 0 Å². The van der Waals surface area contributed by atoms with Crippen LogP contribution in [0.2, 0.25) is 0 Å². The van der Waals surface area contributed by atoms with Crippen molar-refractivity contribution in [2.45, 2.75) is 12.5 Å². The number of hydrogen-bond donors (Lipinski definition) is 3. The van der Waals surface area contributed by atoms with Crippen LogP contribution in [0.5, 0.6) is 11.5 Å². The molecule has 0 radical (unpaired) electrons. The molecule has 22 heavy (non-hydrogen) atoms. The van der Waals surface area contributed by atoms with Gasteiger partial charge >= 0.3 is 0 Å². The predicted octanol–water partition coefficient (Wildman–Crippen LogP) is 3.49. The monoisotopic (exact) mass is 291 g/mol. The zero-order valence-corrected chi connectivity index (χ0v) is 12.1. The van der Waals surface area contributed by atoms with Gasteiger partial charge in [0.15, 0.2) is 0 Å². The summed E-state index contributed by atoms with van der Waals surface area (Å²) in [5, 5.41) is 25.7. The Hall–Kier alpha value is -2.52. The summed E-state index contributed by atoms with van der Waals surface area (Å²) in [6, 6.07) is 17.4. The summed E-state index contributed by atoms with van der Waals surface area (Å²) >= 11 is 0. The molecule has 3 nitrogen and oxygen atoms in total. The number of fused-ring (bicyclic) bond motifs is 2. The van der Waals surface area contributed by atoms with Gasteiger partial charge < -0.3 is 15.5 Å². The van der Waals surface area contributed by atoms with Crippen LogP contribution in [0.25, 0.3) is 10.8 Å². The van der Waals surface area contributed by atoms with Crippen LogP contribution in [0.4, 0.5) is 0 Å². The Morgan fingerprint density at radius 1 is 0.864 bits per heavy atom. The zero-order chi connectivity index (χ0) is 15.1. The molecule has 1 aliphatic rings. The third-order valence-corrected chi connectivity index (χ3v) is 4.44. The standard InChI is InChI=1S/C19H17NO2/c21-16-11-17(22)18(15-8-4-3-7-14(15)16)19-13-6-2-1-5-12(13)9-10-20-19/h1-8,11,19-22H,9-10H2. The molecule has 4 rings (SSSR count). The van der Waals surface area contributed by atoms with Crippen molar-refractivity contribution in [3.8, 4) is 11.5 Å². The molecule has 1 heterocycles. The largest absolute Gasteiger partial charge is 0.507 e. The van der Waals surface area contributed by atoms with Gasteiger partial charge in [0.2, 0.25) is 0 Å². The van der Waals surface area contributed by atoms with Crippen molar-refractivity contribution in [3.05, 3.63) is 71.3 Å². The van der Waals surface area contributed by atoms with Gasteiger partial charge in [0.1, 0.15) is 11.5 Å². The number of phenols is 2. The fourth-order valence-electron chi connectivity index (χ4n) is 3.43. The number of phenolic OH excluding ortho intramolecular Hbond substituents is 2. The van der Waals surface area contributed by atoms with Gasteiger partial charge in [0.25, 0.3) is 0 Å². The van der Waals surface area contributed by atoms with Gasteiger partial charge in [-0.15, -0.1) is 0 Å². The van der Waals surface area contributed by atoms with Crippen LogP contribution in [-0.2, 0) is 6.42 Å². The van der Waals surface area contributed by atoms with Crippen molar-refractivity contribution in [1.82, 2.24) is 5.32 Å². The second-order valence-corrected chi connectivity index (χ2v) is 5.71. The lowest BCUT2D eigenvalue weighted by Gasteiger charge is -2.29. The highest BCUT2D eigenvalue weighted by atomic mass is 16.3. The summed E-state index contributed by atoms with van der Waals surface area (Å²) in [4.78, 5) is 0. The summed E-state index contributed by atoms with van der Waals surface area (Å²) in [6.45, 7) is 0.871. The van der Waals surface area contributed by atoms with Crippen molar-refractivity contribution < 1.29 is 10.2 Å². The lowest BCUT2D eigenvalue weighted by molar-refractivity contribution is 0.442. The fourth-order valence-corrected chi connectivity index (χ4v) is 3.43. The molecule has 0 amide bonds. The molecule has 0 aliphatic carbocycles. The molecule has 1 unspecified atom stereocenters.